The van der Waals surface area contributed by atoms with Gasteiger partial charge in [0.1, 0.15) is 5.54 Å². The fourth-order valence-corrected chi connectivity index (χ4v) is 3.69. The maximum absolute atomic E-state index is 12.0. The van der Waals surface area contributed by atoms with Crippen molar-refractivity contribution < 1.29 is 9.90 Å². The Morgan fingerprint density at radius 1 is 0.850 bits per heavy atom. The maximum atomic E-state index is 12.0. The van der Waals surface area contributed by atoms with Crippen molar-refractivity contribution >= 4 is 5.97 Å². The van der Waals surface area contributed by atoms with Crippen molar-refractivity contribution in [2.24, 2.45) is 0 Å². The molecular weight excluding hydrogens is 250 g/mol. The summed E-state index contributed by atoms with van der Waals surface area (Å²) in [4.78, 5) is 14.2. The van der Waals surface area contributed by atoms with E-state index in [2.05, 4.69) is 18.7 Å². The predicted octanol–water partition coefficient (Wildman–Crippen LogP) is 4.46. The lowest BCUT2D eigenvalue weighted by Crippen LogP contribution is -2.54. The summed E-state index contributed by atoms with van der Waals surface area (Å²) in [6.45, 7) is 5.85. The third-order valence-electron chi connectivity index (χ3n) is 4.95. The highest BCUT2D eigenvalue weighted by atomic mass is 16.4. The van der Waals surface area contributed by atoms with Gasteiger partial charge in [-0.2, -0.15) is 0 Å². The first-order valence-electron chi connectivity index (χ1n) is 8.66. The van der Waals surface area contributed by atoms with Crippen molar-refractivity contribution in [3.05, 3.63) is 0 Å². The molecule has 0 bridgehead atoms. The summed E-state index contributed by atoms with van der Waals surface area (Å²) in [5, 5.41) is 9.88. The number of hydrogen-bond donors (Lipinski definition) is 1. The number of nitrogens with zero attached hydrogens (tertiary/aromatic N) is 1. The summed E-state index contributed by atoms with van der Waals surface area (Å²) in [7, 11) is 0. The van der Waals surface area contributed by atoms with Crippen molar-refractivity contribution in [1.82, 2.24) is 4.90 Å². The Balaban J connectivity index is 2.80. The van der Waals surface area contributed by atoms with Gasteiger partial charge >= 0.3 is 5.97 Å². The molecular formula is C17H33NO2. The minimum absolute atomic E-state index is 0.599. The Hall–Kier alpha value is -0.570. The molecule has 20 heavy (non-hydrogen) atoms. The lowest BCUT2D eigenvalue weighted by molar-refractivity contribution is -0.153. The van der Waals surface area contributed by atoms with Gasteiger partial charge in [-0.3, -0.25) is 9.69 Å². The molecule has 1 saturated carbocycles. The predicted molar refractivity (Wildman–Crippen MR) is 84.1 cm³/mol. The molecule has 1 rings (SSSR count). The number of carboxylic acids is 1. The smallest absolute Gasteiger partial charge is 0.324 e. The molecule has 0 heterocycles. The van der Waals surface area contributed by atoms with Crippen LogP contribution in [-0.2, 0) is 4.79 Å². The number of hydrogen-bond acceptors (Lipinski definition) is 2. The molecule has 1 fully saturated rings. The molecule has 3 nitrogen and oxygen atoms in total. The first-order chi connectivity index (χ1) is 9.67. The normalized spacial score (nSPS) is 21.9. The van der Waals surface area contributed by atoms with E-state index >= 15 is 0 Å². The Kier molecular flexibility index (Phi) is 8.20. The SMILES string of the molecule is CCN(CC)C1(C(=O)O)CCCCCCCCCCC1. The van der Waals surface area contributed by atoms with Crippen LogP contribution in [0.4, 0.5) is 0 Å². The molecule has 1 N–H and O–H groups in total. The second-order valence-electron chi connectivity index (χ2n) is 6.19. The zero-order valence-electron chi connectivity index (χ0n) is 13.5. The minimum atomic E-state index is -0.608. The molecule has 0 amide bonds. The lowest BCUT2D eigenvalue weighted by Gasteiger charge is -2.40. The van der Waals surface area contributed by atoms with Crippen molar-refractivity contribution in [1.29, 1.82) is 0 Å². The molecule has 0 unspecified atom stereocenters. The Morgan fingerprint density at radius 2 is 1.20 bits per heavy atom. The van der Waals surface area contributed by atoms with Crippen LogP contribution in [0.3, 0.4) is 0 Å². The molecule has 0 aromatic heterocycles. The molecule has 0 aromatic carbocycles. The van der Waals surface area contributed by atoms with Crippen molar-refractivity contribution in [3.63, 3.8) is 0 Å². The fourth-order valence-electron chi connectivity index (χ4n) is 3.69. The van der Waals surface area contributed by atoms with Gasteiger partial charge in [0.2, 0.25) is 0 Å². The standard InChI is InChI=1S/C17H33NO2/c1-3-18(4-2)17(16(19)20)14-12-10-8-6-5-7-9-11-13-15-17/h3-15H2,1-2H3,(H,19,20). The summed E-state index contributed by atoms with van der Waals surface area (Å²) < 4.78 is 0. The van der Waals surface area contributed by atoms with Gasteiger partial charge in [-0.15, -0.1) is 0 Å². The maximum Gasteiger partial charge on any atom is 0.324 e. The third-order valence-corrected chi connectivity index (χ3v) is 4.95. The number of likely N-dealkylation sites (N-methyl/N-ethyl adjacent to an activating group) is 1. The van der Waals surface area contributed by atoms with Gasteiger partial charge in [-0.25, -0.2) is 0 Å². The molecule has 1 aliphatic rings. The van der Waals surface area contributed by atoms with E-state index in [4.69, 9.17) is 0 Å². The van der Waals surface area contributed by atoms with Crippen LogP contribution in [0.25, 0.3) is 0 Å². The van der Waals surface area contributed by atoms with Gasteiger partial charge in [-0.1, -0.05) is 71.6 Å². The molecule has 0 radical (unpaired) electrons. The summed E-state index contributed by atoms with van der Waals surface area (Å²) in [6.07, 6.45) is 12.7. The highest BCUT2D eigenvalue weighted by Gasteiger charge is 2.41. The van der Waals surface area contributed by atoms with E-state index in [1.807, 2.05) is 0 Å². The second-order valence-corrected chi connectivity index (χ2v) is 6.19. The van der Waals surface area contributed by atoms with Crippen molar-refractivity contribution in [2.75, 3.05) is 13.1 Å². The molecule has 1 aliphatic carbocycles. The van der Waals surface area contributed by atoms with Gasteiger partial charge in [0, 0.05) is 0 Å². The monoisotopic (exact) mass is 283 g/mol. The number of carbonyl (C=O) groups is 1. The highest BCUT2D eigenvalue weighted by Crippen LogP contribution is 2.30. The van der Waals surface area contributed by atoms with E-state index in [0.717, 1.165) is 38.8 Å². The van der Waals surface area contributed by atoms with E-state index in [9.17, 15) is 9.90 Å². The van der Waals surface area contributed by atoms with Crippen LogP contribution in [0.2, 0.25) is 0 Å². The van der Waals surface area contributed by atoms with Gasteiger partial charge < -0.3 is 5.11 Å². The van der Waals surface area contributed by atoms with Gasteiger partial charge in [0.05, 0.1) is 0 Å². The molecule has 3 heteroatoms. The van der Waals surface area contributed by atoms with Crippen LogP contribution >= 0.6 is 0 Å². The van der Waals surface area contributed by atoms with E-state index in [0.29, 0.717) is 0 Å². The van der Waals surface area contributed by atoms with Crippen LogP contribution in [0.15, 0.2) is 0 Å². The second kappa shape index (κ2) is 9.38. The van der Waals surface area contributed by atoms with E-state index in [1.54, 1.807) is 0 Å². The Bertz CT molecular complexity index is 262. The first-order valence-corrected chi connectivity index (χ1v) is 8.66. The molecule has 118 valence electrons. The number of carboxylic acid groups (broad SMARTS) is 1. The average molecular weight is 283 g/mol. The minimum Gasteiger partial charge on any atom is -0.480 e. The third kappa shape index (κ3) is 4.76. The van der Waals surface area contributed by atoms with Crippen LogP contribution < -0.4 is 0 Å². The largest absolute Gasteiger partial charge is 0.480 e. The molecule has 0 spiro atoms. The average Bonchev–Trinajstić information content (AvgIpc) is 2.42. The van der Waals surface area contributed by atoms with Gasteiger partial charge in [-0.05, 0) is 25.9 Å². The van der Waals surface area contributed by atoms with Gasteiger partial charge in [0.25, 0.3) is 0 Å². The molecule has 0 atom stereocenters. The van der Waals surface area contributed by atoms with Crippen LogP contribution in [0, 0.1) is 0 Å². The molecule has 0 aliphatic heterocycles. The number of aliphatic carboxylic acids is 1. The lowest BCUT2D eigenvalue weighted by atomic mass is 9.83. The van der Waals surface area contributed by atoms with Gasteiger partial charge in [0.15, 0.2) is 0 Å². The van der Waals surface area contributed by atoms with Crippen molar-refractivity contribution in [3.8, 4) is 0 Å². The zero-order valence-corrected chi connectivity index (χ0v) is 13.5. The zero-order chi connectivity index (χ0) is 14.8. The highest BCUT2D eigenvalue weighted by molar-refractivity contribution is 5.78. The molecule has 0 saturated heterocycles. The topological polar surface area (TPSA) is 40.5 Å². The molecule has 0 aromatic rings. The quantitative estimate of drug-likeness (QED) is 0.828. The Morgan fingerprint density at radius 3 is 1.50 bits per heavy atom. The summed E-state index contributed by atoms with van der Waals surface area (Å²) in [6, 6.07) is 0. The summed E-state index contributed by atoms with van der Waals surface area (Å²) in [5.74, 6) is -0.599. The van der Waals surface area contributed by atoms with Crippen LogP contribution in [-0.4, -0.2) is 34.6 Å². The summed E-state index contributed by atoms with van der Waals surface area (Å²) >= 11 is 0. The van der Waals surface area contributed by atoms with E-state index < -0.39 is 11.5 Å². The van der Waals surface area contributed by atoms with E-state index in [-0.39, 0.29) is 0 Å². The van der Waals surface area contributed by atoms with Crippen LogP contribution in [0.5, 0.6) is 0 Å². The fraction of sp³-hybridized carbons (Fsp3) is 0.941. The van der Waals surface area contributed by atoms with E-state index in [1.165, 1.54) is 44.9 Å². The number of rotatable bonds is 4. The van der Waals surface area contributed by atoms with Crippen molar-refractivity contribution in [2.45, 2.75) is 90.0 Å². The first kappa shape index (κ1) is 17.5. The Labute approximate surface area is 124 Å². The van der Waals surface area contributed by atoms with Crippen LogP contribution in [0.1, 0.15) is 84.5 Å². The summed E-state index contributed by atoms with van der Waals surface area (Å²) in [5.41, 5.74) is -0.608.